The summed E-state index contributed by atoms with van der Waals surface area (Å²) >= 11 is 1.47. The molecule has 5 aromatic rings. The fraction of sp³-hybridized carbons (Fsp3) is 0.179. The minimum absolute atomic E-state index is 0.0238. The summed E-state index contributed by atoms with van der Waals surface area (Å²) < 4.78 is 56.2. The van der Waals surface area contributed by atoms with E-state index in [4.69, 9.17) is 10.5 Å². The molecule has 0 spiro atoms. The molecule has 40 heavy (non-hydrogen) atoms. The second-order valence-corrected chi connectivity index (χ2v) is 12.4. The number of hydrogen-bond acceptors (Lipinski definition) is 9. The van der Waals surface area contributed by atoms with Crippen LogP contribution >= 0.6 is 11.3 Å². The first-order valence-electron chi connectivity index (χ1n) is 12.2. The van der Waals surface area contributed by atoms with E-state index in [0.717, 1.165) is 16.3 Å². The molecule has 0 fully saturated rings. The van der Waals surface area contributed by atoms with Crippen molar-refractivity contribution in [3.63, 3.8) is 0 Å². The third kappa shape index (κ3) is 6.76. The standard InChI is InChI=1S/C28H25F2N5O3S2/c1-40(36,37)10-9-32-14-26-33-24(16-39-26)18-5-7-23-21(12-18)27(31)35-28(34-23)19-6-8-25(22(30)13-19)38-15-17-3-2-4-20(29)11-17/h2-8,11-13,16,32H,9-10,14-15H2,1H3,(H2,31,34,35). The van der Waals surface area contributed by atoms with Crippen LogP contribution in [0, 0.1) is 11.6 Å². The van der Waals surface area contributed by atoms with E-state index in [9.17, 15) is 17.2 Å². The molecule has 0 saturated heterocycles. The fourth-order valence-corrected chi connectivity index (χ4v) is 5.25. The zero-order valence-corrected chi connectivity index (χ0v) is 23.0. The number of rotatable bonds is 10. The molecule has 3 N–H and O–H groups in total. The number of benzene rings is 3. The van der Waals surface area contributed by atoms with E-state index >= 15 is 0 Å². The Morgan fingerprint density at radius 3 is 2.60 bits per heavy atom. The lowest BCUT2D eigenvalue weighted by atomic mass is 10.1. The maximum atomic E-state index is 14.8. The highest BCUT2D eigenvalue weighted by Gasteiger charge is 2.13. The van der Waals surface area contributed by atoms with Gasteiger partial charge in [-0.2, -0.15) is 0 Å². The second-order valence-electron chi connectivity index (χ2n) is 9.16. The summed E-state index contributed by atoms with van der Waals surface area (Å²) in [4.78, 5) is 13.6. The predicted octanol–water partition coefficient (Wildman–Crippen LogP) is 4.99. The predicted molar refractivity (Wildman–Crippen MR) is 153 cm³/mol. The summed E-state index contributed by atoms with van der Waals surface area (Å²) in [6, 6.07) is 15.9. The molecule has 8 nitrogen and oxygen atoms in total. The Kier molecular flexibility index (Phi) is 8.01. The van der Waals surface area contributed by atoms with Crippen LogP contribution < -0.4 is 15.8 Å². The maximum Gasteiger partial charge on any atom is 0.165 e. The molecule has 0 bridgehead atoms. The zero-order valence-electron chi connectivity index (χ0n) is 21.4. The van der Waals surface area contributed by atoms with Crippen molar-refractivity contribution in [3.05, 3.63) is 88.2 Å². The molecule has 0 saturated carbocycles. The number of aromatic nitrogens is 3. The first-order valence-corrected chi connectivity index (χ1v) is 15.2. The van der Waals surface area contributed by atoms with Crippen molar-refractivity contribution in [1.82, 2.24) is 20.3 Å². The van der Waals surface area contributed by atoms with Gasteiger partial charge in [0.2, 0.25) is 0 Å². The third-order valence-electron chi connectivity index (χ3n) is 5.97. The van der Waals surface area contributed by atoms with E-state index in [2.05, 4.69) is 20.3 Å². The monoisotopic (exact) mass is 581 g/mol. The van der Waals surface area contributed by atoms with Crippen LogP contribution in [-0.4, -0.2) is 41.9 Å². The van der Waals surface area contributed by atoms with Crippen molar-refractivity contribution in [1.29, 1.82) is 0 Å². The fourth-order valence-electron chi connectivity index (χ4n) is 3.96. The van der Waals surface area contributed by atoms with E-state index in [1.807, 2.05) is 23.6 Å². The van der Waals surface area contributed by atoms with E-state index in [-0.39, 0.29) is 35.6 Å². The van der Waals surface area contributed by atoms with E-state index < -0.39 is 15.7 Å². The summed E-state index contributed by atoms with van der Waals surface area (Å²) in [7, 11) is -3.02. The molecule has 0 unspecified atom stereocenters. The van der Waals surface area contributed by atoms with Gasteiger partial charge in [0.05, 0.1) is 17.0 Å². The van der Waals surface area contributed by atoms with Gasteiger partial charge in [0.15, 0.2) is 17.4 Å². The van der Waals surface area contributed by atoms with Crippen LogP contribution in [0.15, 0.2) is 66.0 Å². The summed E-state index contributed by atoms with van der Waals surface area (Å²) in [5.74, 6) is -0.381. The van der Waals surface area contributed by atoms with E-state index in [1.54, 1.807) is 18.2 Å². The van der Waals surface area contributed by atoms with Crippen molar-refractivity contribution < 1.29 is 21.9 Å². The first-order chi connectivity index (χ1) is 19.1. The molecule has 5 rings (SSSR count). The summed E-state index contributed by atoms with van der Waals surface area (Å²) in [5.41, 5.74) is 9.48. The van der Waals surface area contributed by atoms with Gasteiger partial charge in [-0.3, -0.25) is 0 Å². The van der Waals surface area contributed by atoms with Crippen LogP contribution in [0.3, 0.4) is 0 Å². The lowest BCUT2D eigenvalue weighted by molar-refractivity contribution is 0.290. The van der Waals surface area contributed by atoms with Gasteiger partial charge in [-0.25, -0.2) is 32.2 Å². The Morgan fingerprint density at radius 1 is 1.00 bits per heavy atom. The van der Waals surface area contributed by atoms with Crippen LogP contribution in [0.2, 0.25) is 0 Å². The molecule has 0 aliphatic rings. The molecule has 2 heterocycles. The van der Waals surface area contributed by atoms with Gasteiger partial charge in [0, 0.05) is 41.2 Å². The highest BCUT2D eigenvalue weighted by atomic mass is 32.2. The Labute approximate surface area is 233 Å². The SMILES string of the molecule is CS(=O)(=O)CCNCc1nc(-c2ccc3nc(-c4ccc(OCc5cccc(F)c5)c(F)c4)nc(N)c3c2)cs1. The highest BCUT2D eigenvalue weighted by Crippen LogP contribution is 2.30. The molecular weight excluding hydrogens is 556 g/mol. The van der Waals surface area contributed by atoms with Gasteiger partial charge in [-0.1, -0.05) is 18.2 Å². The first kappa shape index (κ1) is 27.6. The molecule has 0 radical (unpaired) electrons. The lowest BCUT2D eigenvalue weighted by Gasteiger charge is -2.10. The Morgan fingerprint density at radius 2 is 1.82 bits per heavy atom. The number of halogens is 2. The smallest absolute Gasteiger partial charge is 0.165 e. The van der Waals surface area contributed by atoms with Crippen LogP contribution in [0.5, 0.6) is 5.75 Å². The van der Waals surface area contributed by atoms with Gasteiger partial charge < -0.3 is 15.8 Å². The van der Waals surface area contributed by atoms with Gasteiger partial charge >= 0.3 is 0 Å². The van der Waals surface area contributed by atoms with Crippen molar-refractivity contribution in [3.8, 4) is 28.4 Å². The lowest BCUT2D eigenvalue weighted by Crippen LogP contribution is -2.21. The van der Waals surface area contributed by atoms with Crippen molar-refractivity contribution in [2.45, 2.75) is 13.2 Å². The highest BCUT2D eigenvalue weighted by molar-refractivity contribution is 7.90. The van der Waals surface area contributed by atoms with Gasteiger partial charge in [0.1, 0.15) is 33.1 Å². The number of fused-ring (bicyclic) bond motifs is 1. The third-order valence-corrected chi connectivity index (χ3v) is 7.77. The molecule has 0 atom stereocenters. The van der Waals surface area contributed by atoms with Crippen LogP contribution in [-0.2, 0) is 23.0 Å². The number of ether oxygens (including phenoxy) is 1. The maximum absolute atomic E-state index is 14.8. The molecule has 12 heteroatoms. The molecule has 3 aromatic carbocycles. The number of thiazole rings is 1. The summed E-state index contributed by atoms with van der Waals surface area (Å²) in [6.45, 7) is 0.845. The van der Waals surface area contributed by atoms with Gasteiger partial charge in [-0.05, 0) is 48.0 Å². The van der Waals surface area contributed by atoms with Gasteiger partial charge in [0.25, 0.3) is 0 Å². The Hall–Kier alpha value is -4.00. The normalized spacial score (nSPS) is 11.7. The van der Waals surface area contributed by atoms with E-state index in [0.29, 0.717) is 35.1 Å². The molecule has 0 aliphatic heterocycles. The molecule has 206 valence electrons. The zero-order chi connectivity index (χ0) is 28.3. The topological polar surface area (TPSA) is 120 Å². The molecular formula is C28H25F2N5O3S2. The number of sulfone groups is 1. The summed E-state index contributed by atoms with van der Waals surface area (Å²) in [5, 5.41) is 6.47. The van der Waals surface area contributed by atoms with Crippen molar-refractivity contribution in [2.75, 3.05) is 24.3 Å². The minimum Gasteiger partial charge on any atom is -0.486 e. The number of hydrogen-bond donors (Lipinski definition) is 2. The minimum atomic E-state index is -3.02. The van der Waals surface area contributed by atoms with Crippen molar-refractivity contribution >= 4 is 37.9 Å². The second kappa shape index (κ2) is 11.6. The number of nitrogens with one attached hydrogen (secondary N) is 1. The van der Waals surface area contributed by atoms with Crippen molar-refractivity contribution in [2.24, 2.45) is 0 Å². The number of nitrogens with zero attached hydrogens (tertiary/aromatic N) is 3. The Bertz CT molecular complexity index is 1790. The largest absolute Gasteiger partial charge is 0.486 e. The van der Waals surface area contributed by atoms with Crippen LogP contribution in [0.25, 0.3) is 33.5 Å². The van der Waals surface area contributed by atoms with Crippen LogP contribution in [0.4, 0.5) is 14.6 Å². The average Bonchev–Trinajstić information content (AvgIpc) is 3.39. The van der Waals surface area contributed by atoms with Crippen LogP contribution in [0.1, 0.15) is 10.6 Å². The Balaban J connectivity index is 1.30. The van der Waals surface area contributed by atoms with Gasteiger partial charge in [-0.15, -0.1) is 11.3 Å². The quantitative estimate of drug-likeness (QED) is 0.221. The number of anilines is 1. The molecule has 0 aliphatic carbocycles. The summed E-state index contributed by atoms with van der Waals surface area (Å²) in [6.07, 6.45) is 1.20. The van der Waals surface area contributed by atoms with E-state index in [1.165, 1.54) is 41.9 Å². The molecule has 2 aromatic heterocycles. The average molecular weight is 582 g/mol. The number of nitrogen functional groups attached to an aromatic ring is 1. The molecule has 0 amide bonds. The number of nitrogens with two attached hydrogens (primary N) is 1.